The number of nitrogens with one attached hydrogen (secondary N) is 1. The second kappa shape index (κ2) is 7.35. The molecule has 0 unspecified atom stereocenters. The molecule has 3 rings (SSSR count). The van der Waals surface area contributed by atoms with Crippen LogP contribution in [0.2, 0.25) is 0 Å². The fourth-order valence-electron chi connectivity index (χ4n) is 2.49. The van der Waals surface area contributed by atoms with E-state index in [-0.39, 0.29) is 17.9 Å². The second-order valence-corrected chi connectivity index (χ2v) is 5.62. The molecular weight excluding hydrogens is 344 g/mol. The number of esters is 1. The maximum atomic E-state index is 13.7. The van der Waals surface area contributed by atoms with Gasteiger partial charge in [-0.05, 0) is 19.1 Å². The number of halogens is 2. The number of ether oxygens (including phenoxy) is 1. The van der Waals surface area contributed by atoms with Crippen LogP contribution >= 0.6 is 0 Å². The molecule has 1 heterocycles. The van der Waals surface area contributed by atoms with Crippen molar-refractivity contribution >= 4 is 22.8 Å². The molecule has 0 atom stereocenters. The Morgan fingerprint density at radius 2 is 1.81 bits per heavy atom. The van der Waals surface area contributed by atoms with E-state index >= 15 is 0 Å². The van der Waals surface area contributed by atoms with E-state index < -0.39 is 30.1 Å². The Morgan fingerprint density at radius 1 is 1.08 bits per heavy atom. The Labute approximate surface area is 147 Å². The number of amides is 1. The van der Waals surface area contributed by atoms with Crippen LogP contribution in [0.1, 0.15) is 21.7 Å². The van der Waals surface area contributed by atoms with Crippen molar-refractivity contribution in [1.29, 1.82) is 0 Å². The number of furan rings is 1. The maximum Gasteiger partial charge on any atom is 0.375 e. The van der Waals surface area contributed by atoms with Crippen LogP contribution in [0.15, 0.2) is 46.9 Å². The van der Waals surface area contributed by atoms with Crippen molar-refractivity contribution in [3.05, 3.63) is 71.0 Å². The van der Waals surface area contributed by atoms with E-state index in [1.165, 1.54) is 24.3 Å². The number of hydrogen-bond donors (Lipinski definition) is 1. The van der Waals surface area contributed by atoms with Crippen molar-refractivity contribution in [3.8, 4) is 0 Å². The van der Waals surface area contributed by atoms with Crippen molar-refractivity contribution in [3.63, 3.8) is 0 Å². The molecule has 1 amide bonds. The first-order chi connectivity index (χ1) is 12.5. The molecular formula is C19H15F2NO4. The molecule has 0 aliphatic rings. The molecule has 1 aromatic heterocycles. The van der Waals surface area contributed by atoms with Crippen LogP contribution in [0.4, 0.5) is 8.78 Å². The molecule has 2 aromatic carbocycles. The van der Waals surface area contributed by atoms with Gasteiger partial charge in [-0.1, -0.05) is 30.3 Å². The lowest BCUT2D eigenvalue weighted by molar-refractivity contribution is -0.124. The molecule has 0 bridgehead atoms. The number of hydrogen-bond acceptors (Lipinski definition) is 4. The second-order valence-electron chi connectivity index (χ2n) is 5.62. The van der Waals surface area contributed by atoms with E-state index in [1.54, 1.807) is 25.1 Å². The Kier molecular flexibility index (Phi) is 4.97. The van der Waals surface area contributed by atoms with Gasteiger partial charge in [-0.25, -0.2) is 13.6 Å². The minimum Gasteiger partial charge on any atom is -0.450 e. The highest BCUT2D eigenvalue weighted by atomic mass is 19.1. The Morgan fingerprint density at radius 3 is 2.54 bits per heavy atom. The van der Waals surface area contributed by atoms with E-state index in [0.29, 0.717) is 16.5 Å². The highest BCUT2D eigenvalue weighted by molar-refractivity contribution is 5.96. The molecule has 0 radical (unpaired) electrons. The van der Waals surface area contributed by atoms with E-state index in [9.17, 15) is 18.4 Å². The first-order valence-corrected chi connectivity index (χ1v) is 7.82. The molecule has 7 heteroatoms. The summed E-state index contributed by atoms with van der Waals surface area (Å²) >= 11 is 0. The summed E-state index contributed by atoms with van der Waals surface area (Å²) in [5, 5.41) is 2.91. The first-order valence-electron chi connectivity index (χ1n) is 7.82. The molecule has 0 aliphatic heterocycles. The monoisotopic (exact) mass is 359 g/mol. The minimum absolute atomic E-state index is 0.0298. The zero-order valence-corrected chi connectivity index (χ0v) is 13.8. The van der Waals surface area contributed by atoms with Gasteiger partial charge in [0.1, 0.15) is 5.82 Å². The van der Waals surface area contributed by atoms with Crippen molar-refractivity contribution in [2.75, 3.05) is 6.61 Å². The third-order valence-corrected chi connectivity index (χ3v) is 3.87. The number of aryl methyl sites for hydroxylation is 1. The van der Waals surface area contributed by atoms with Crippen LogP contribution in [0, 0.1) is 18.6 Å². The molecule has 0 saturated heterocycles. The van der Waals surface area contributed by atoms with Gasteiger partial charge in [-0.3, -0.25) is 4.79 Å². The highest BCUT2D eigenvalue weighted by Gasteiger charge is 2.21. The Bertz CT molecular complexity index is 981. The number of carbonyl (C=O) groups excluding carboxylic acids is 2. The maximum absolute atomic E-state index is 13.7. The van der Waals surface area contributed by atoms with Crippen LogP contribution in [-0.4, -0.2) is 18.5 Å². The summed E-state index contributed by atoms with van der Waals surface area (Å²) in [6.07, 6.45) is 0. The molecule has 0 spiro atoms. The van der Waals surface area contributed by atoms with Crippen molar-refractivity contribution in [2.45, 2.75) is 13.5 Å². The summed E-state index contributed by atoms with van der Waals surface area (Å²) in [4.78, 5) is 23.9. The summed E-state index contributed by atoms with van der Waals surface area (Å²) in [5.41, 5.74) is 0.702. The Hall–Kier alpha value is -3.22. The van der Waals surface area contributed by atoms with Gasteiger partial charge < -0.3 is 14.5 Å². The Balaban J connectivity index is 1.60. The lowest BCUT2D eigenvalue weighted by Gasteiger charge is -2.07. The number of fused-ring (bicyclic) bond motifs is 1. The largest absolute Gasteiger partial charge is 0.450 e. The average Bonchev–Trinajstić information content (AvgIpc) is 2.97. The van der Waals surface area contributed by atoms with Crippen molar-refractivity contribution in [2.24, 2.45) is 0 Å². The smallest absolute Gasteiger partial charge is 0.375 e. The zero-order valence-electron chi connectivity index (χ0n) is 13.8. The standard InChI is InChI=1S/C19H15F2NO4/c1-11-13-6-4-8-15(21)18(13)26-17(11)19(24)25-10-16(23)22-9-12-5-2-3-7-14(12)20/h2-8H,9-10H2,1H3,(H,22,23). The third-order valence-electron chi connectivity index (χ3n) is 3.87. The fourth-order valence-corrected chi connectivity index (χ4v) is 2.49. The molecule has 26 heavy (non-hydrogen) atoms. The predicted molar refractivity (Wildman–Crippen MR) is 89.4 cm³/mol. The molecule has 0 aliphatic carbocycles. The highest BCUT2D eigenvalue weighted by Crippen LogP contribution is 2.27. The summed E-state index contributed by atoms with van der Waals surface area (Å²) in [5.74, 6) is -2.66. The van der Waals surface area contributed by atoms with Gasteiger partial charge >= 0.3 is 5.97 Å². The van der Waals surface area contributed by atoms with Crippen molar-refractivity contribution < 1.29 is 27.5 Å². The molecule has 5 nitrogen and oxygen atoms in total. The van der Waals surface area contributed by atoms with Gasteiger partial charge in [0.25, 0.3) is 5.91 Å². The summed E-state index contributed by atoms with van der Waals surface area (Å²) < 4.78 is 37.3. The van der Waals surface area contributed by atoms with Crippen LogP contribution in [0.3, 0.4) is 0 Å². The molecule has 0 fully saturated rings. The molecule has 1 N–H and O–H groups in total. The summed E-state index contributed by atoms with van der Waals surface area (Å²) in [6, 6.07) is 10.4. The third kappa shape index (κ3) is 3.56. The summed E-state index contributed by atoms with van der Waals surface area (Å²) in [6.45, 7) is 1.00. The van der Waals surface area contributed by atoms with Crippen LogP contribution < -0.4 is 5.32 Å². The van der Waals surface area contributed by atoms with Gasteiger partial charge in [-0.2, -0.15) is 0 Å². The zero-order chi connectivity index (χ0) is 18.7. The number of carbonyl (C=O) groups is 2. The van der Waals surface area contributed by atoms with Gasteiger partial charge in [0.15, 0.2) is 18.0 Å². The van der Waals surface area contributed by atoms with Gasteiger partial charge in [0.05, 0.1) is 0 Å². The SMILES string of the molecule is Cc1c(C(=O)OCC(=O)NCc2ccccc2F)oc2c(F)cccc12. The van der Waals surface area contributed by atoms with E-state index in [4.69, 9.17) is 9.15 Å². The van der Waals surface area contributed by atoms with Gasteiger partial charge in [0.2, 0.25) is 5.76 Å². The van der Waals surface area contributed by atoms with Crippen molar-refractivity contribution in [1.82, 2.24) is 5.32 Å². The lowest BCUT2D eigenvalue weighted by atomic mass is 10.1. The van der Waals surface area contributed by atoms with E-state index in [0.717, 1.165) is 0 Å². The van der Waals surface area contributed by atoms with Crippen LogP contribution in [0.5, 0.6) is 0 Å². The minimum atomic E-state index is -0.876. The number of benzene rings is 2. The lowest BCUT2D eigenvalue weighted by Crippen LogP contribution is -2.28. The molecule has 3 aromatic rings. The topological polar surface area (TPSA) is 68.5 Å². The molecule has 0 saturated carbocycles. The van der Waals surface area contributed by atoms with Crippen LogP contribution in [0.25, 0.3) is 11.0 Å². The van der Waals surface area contributed by atoms with Crippen LogP contribution in [-0.2, 0) is 16.1 Å². The first kappa shape index (κ1) is 17.6. The number of para-hydroxylation sites is 1. The quantitative estimate of drug-likeness (QED) is 0.708. The molecule has 134 valence electrons. The van der Waals surface area contributed by atoms with E-state index in [2.05, 4.69) is 5.32 Å². The summed E-state index contributed by atoms with van der Waals surface area (Å²) in [7, 11) is 0. The van der Waals surface area contributed by atoms with Gasteiger partial charge in [-0.15, -0.1) is 0 Å². The van der Waals surface area contributed by atoms with E-state index in [1.807, 2.05) is 0 Å². The fraction of sp³-hybridized carbons (Fsp3) is 0.158. The van der Waals surface area contributed by atoms with Gasteiger partial charge in [0, 0.05) is 23.1 Å². The number of rotatable bonds is 5. The normalized spacial score (nSPS) is 10.7. The average molecular weight is 359 g/mol. The predicted octanol–water partition coefficient (Wildman–Crippen LogP) is 3.49.